The number of benzene rings is 1. The molecule has 0 saturated carbocycles. The molecule has 0 bridgehead atoms. The first kappa shape index (κ1) is 12.5. The molecule has 0 N–H and O–H groups in total. The van der Waals surface area contributed by atoms with E-state index < -0.39 is 0 Å². The summed E-state index contributed by atoms with van der Waals surface area (Å²) in [5.74, 6) is -0.169. The molecule has 2 aromatic rings. The van der Waals surface area contributed by atoms with Crippen molar-refractivity contribution in [2.75, 3.05) is 0 Å². The van der Waals surface area contributed by atoms with Gasteiger partial charge >= 0.3 is 0 Å². The minimum absolute atomic E-state index is 0.169. The Hall–Kier alpha value is -2.99. The van der Waals surface area contributed by atoms with Gasteiger partial charge in [-0.25, -0.2) is 4.68 Å². The van der Waals surface area contributed by atoms with Crippen LogP contribution in [0.3, 0.4) is 0 Å². The van der Waals surface area contributed by atoms with Crippen molar-refractivity contribution in [3.63, 3.8) is 0 Å². The van der Waals surface area contributed by atoms with Gasteiger partial charge in [-0.2, -0.15) is 10.5 Å². The van der Waals surface area contributed by atoms with Crippen molar-refractivity contribution in [2.45, 2.75) is 13.8 Å². The lowest BCUT2D eigenvalue weighted by Crippen LogP contribution is -2.02. The quantitative estimate of drug-likeness (QED) is 0.754. The third-order valence-electron chi connectivity index (χ3n) is 2.72. The molecule has 0 saturated heterocycles. The van der Waals surface area contributed by atoms with Gasteiger partial charge in [0.2, 0.25) is 0 Å². The minimum Gasteiger partial charge on any atom is -0.293 e. The fourth-order valence-corrected chi connectivity index (χ4v) is 1.75. The van der Waals surface area contributed by atoms with E-state index in [9.17, 15) is 4.79 Å². The van der Waals surface area contributed by atoms with Crippen LogP contribution in [0.25, 0.3) is 5.69 Å². The summed E-state index contributed by atoms with van der Waals surface area (Å²) in [7, 11) is 0. The molecule has 19 heavy (non-hydrogen) atoms. The summed E-state index contributed by atoms with van der Waals surface area (Å²) in [5, 5.41) is 25.5. The first-order chi connectivity index (χ1) is 9.08. The number of carbonyl (C=O) groups excluding carboxylic acids is 1. The van der Waals surface area contributed by atoms with Crippen LogP contribution in [0.4, 0.5) is 0 Å². The standard InChI is InChI=1S/C13H9N5O/c1-8-13(9(2)19)16-17-18(8)12-4-3-10(6-14)11(5-12)7-15/h3-5H,1-2H3. The summed E-state index contributed by atoms with van der Waals surface area (Å²) in [6.45, 7) is 3.14. The Labute approximate surface area is 109 Å². The molecule has 1 aromatic heterocycles. The van der Waals surface area contributed by atoms with Crippen molar-refractivity contribution in [1.29, 1.82) is 10.5 Å². The van der Waals surface area contributed by atoms with Crippen LogP contribution >= 0.6 is 0 Å². The van der Waals surface area contributed by atoms with Gasteiger partial charge in [-0.15, -0.1) is 5.10 Å². The van der Waals surface area contributed by atoms with Crippen molar-refractivity contribution in [3.8, 4) is 17.8 Å². The van der Waals surface area contributed by atoms with Crippen molar-refractivity contribution in [3.05, 3.63) is 40.7 Å². The fourth-order valence-electron chi connectivity index (χ4n) is 1.75. The molecule has 0 spiro atoms. The predicted octanol–water partition coefficient (Wildman–Crippen LogP) is 1.52. The van der Waals surface area contributed by atoms with Gasteiger partial charge in [0.1, 0.15) is 12.1 Å². The highest BCUT2D eigenvalue weighted by molar-refractivity contribution is 5.93. The summed E-state index contributed by atoms with van der Waals surface area (Å²) in [4.78, 5) is 11.3. The highest BCUT2D eigenvalue weighted by atomic mass is 16.1. The van der Waals surface area contributed by atoms with Crippen LogP contribution in [0, 0.1) is 29.6 Å². The molecule has 0 amide bonds. The van der Waals surface area contributed by atoms with Gasteiger partial charge in [0.05, 0.1) is 22.5 Å². The van der Waals surface area contributed by atoms with E-state index in [1.165, 1.54) is 11.6 Å². The molecule has 6 nitrogen and oxygen atoms in total. The molecule has 0 aliphatic carbocycles. The molecular weight excluding hydrogens is 242 g/mol. The van der Waals surface area contributed by atoms with Crippen LogP contribution in [0.5, 0.6) is 0 Å². The Morgan fingerprint density at radius 2 is 1.95 bits per heavy atom. The second-order valence-corrected chi connectivity index (χ2v) is 3.94. The Kier molecular flexibility index (Phi) is 3.09. The highest BCUT2D eigenvalue weighted by Gasteiger charge is 2.14. The van der Waals surface area contributed by atoms with E-state index in [-0.39, 0.29) is 11.3 Å². The Balaban J connectivity index is 2.58. The molecule has 0 unspecified atom stereocenters. The van der Waals surface area contributed by atoms with E-state index in [1.807, 2.05) is 12.1 Å². The Morgan fingerprint density at radius 1 is 1.26 bits per heavy atom. The third kappa shape index (κ3) is 2.07. The molecular formula is C13H9N5O. The van der Waals surface area contributed by atoms with Crippen LogP contribution in [-0.4, -0.2) is 20.8 Å². The second kappa shape index (κ2) is 4.71. The van der Waals surface area contributed by atoms with E-state index in [0.717, 1.165) is 0 Å². The van der Waals surface area contributed by atoms with Crippen LogP contribution < -0.4 is 0 Å². The maximum absolute atomic E-state index is 11.3. The molecule has 1 aromatic carbocycles. The topological polar surface area (TPSA) is 95.4 Å². The van der Waals surface area contributed by atoms with Gasteiger partial charge in [-0.05, 0) is 25.1 Å². The van der Waals surface area contributed by atoms with Crippen LogP contribution in [0.15, 0.2) is 18.2 Å². The van der Waals surface area contributed by atoms with E-state index in [4.69, 9.17) is 10.5 Å². The zero-order chi connectivity index (χ0) is 14.0. The van der Waals surface area contributed by atoms with Crippen molar-refractivity contribution in [1.82, 2.24) is 15.0 Å². The molecule has 0 aliphatic heterocycles. The summed E-state index contributed by atoms with van der Waals surface area (Å²) < 4.78 is 1.47. The average Bonchev–Trinajstić information content (AvgIpc) is 2.80. The molecule has 0 atom stereocenters. The first-order valence-electron chi connectivity index (χ1n) is 5.46. The number of carbonyl (C=O) groups is 1. The fraction of sp³-hybridized carbons (Fsp3) is 0.154. The number of ketones is 1. The maximum atomic E-state index is 11.3. The molecule has 1 heterocycles. The van der Waals surface area contributed by atoms with Crippen molar-refractivity contribution < 1.29 is 4.79 Å². The lowest BCUT2D eigenvalue weighted by atomic mass is 10.1. The van der Waals surface area contributed by atoms with E-state index >= 15 is 0 Å². The number of nitrogens with zero attached hydrogens (tertiary/aromatic N) is 5. The van der Waals surface area contributed by atoms with Crippen LogP contribution in [0.1, 0.15) is 34.2 Å². The molecule has 2 rings (SSSR count). The maximum Gasteiger partial charge on any atom is 0.181 e. The zero-order valence-electron chi connectivity index (χ0n) is 10.4. The summed E-state index contributed by atoms with van der Waals surface area (Å²) in [6, 6.07) is 8.64. The Bertz CT molecular complexity index is 745. The lowest BCUT2D eigenvalue weighted by molar-refractivity contribution is 0.101. The van der Waals surface area contributed by atoms with Gasteiger partial charge in [0, 0.05) is 6.92 Å². The van der Waals surface area contributed by atoms with Crippen molar-refractivity contribution in [2.24, 2.45) is 0 Å². The molecule has 0 fully saturated rings. The number of aromatic nitrogens is 3. The monoisotopic (exact) mass is 251 g/mol. The second-order valence-electron chi connectivity index (χ2n) is 3.94. The third-order valence-corrected chi connectivity index (χ3v) is 2.72. The van der Waals surface area contributed by atoms with Crippen LogP contribution in [0.2, 0.25) is 0 Å². The Morgan fingerprint density at radius 3 is 2.47 bits per heavy atom. The van der Waals surface area contributed by atoms with Crippen LogP contribution in [-0.2, 0) is 0 Å². The summed E-state index contributed by atoms with van der Waals surface area (Å²) >= 11 is 0. The number of nitriles is 2. The van der Waals surface area contributed by atoms with E-state index in [0.29, 0.717) is 22.6 Å². The normalized spacial score (nSPS) is 9.68. The average molecular weight is 251 g/mol. The van der Waals surface area contributed by atoms with Gasteiger partial charge < -0.3 is 0 Å². The highest BCUT2D eigenvalue weighted by Crippen LogP contribution is 2.16. The molecule has 0 radical (unpaired) electrons. The van der Waals surface area contributed by atoms with E-state index in [1.54, 1.807) is 25.1 Å². The smallest absolute Gasteiger partial charge is 0.181 e. The largest absolute Gasteiger partial charge is 0.293 e. The SMILES string of the molecule is CC(=O)c1nnn(-c2ccc(C#N)c(C#N)c2)c1C. The minimum atomic E-state index is -0.169. The first-order valence-corrected chi connectivity index (χ1v) is 5.46. The van der Waals surface area contributed by atoms with Crippen molar-refractivity contribution >= 4 is 5.78 Å². The van der Waals surface area contributed by atoms with E-state index in [2.05, 4.69) is 10.3 Å². The number of hydrogen-bond acceptors (Lipinski definition) is 5. The molecule has 92 valence electrons. The number of hydrogen-bond donors (Lipinski definition) is 0. The summed E-state index contributed by atoms with van der Waals surface area (Å²) in [6.07, 6.45) is 0. The van der Waals surface area contributed by atoms with Gasteiger partial charge in [0.25, 0.3) is 0 Å². The number of Topliss-reactive ketones (excluding diaryl/α,β-unsaturated/α-hetero) is 1. The molecule has 6 heteroatoms. The lowest BCUT2D eigenvalue weighted by Gasteiger charge is -2.04. The predicted molar refractivity (Wildman–Crippen MR) is 65.5 cm³/mol. The van der Waals surface area contributed by atoms with Gasteiger partial charge in [0.15, 0.2) is 11.5 Å². The van der Waals surface area contributed by atoms with Gasteiger partial charge in [-0.3, -0.25) is 4.79 Å². The van der Waals surface area contributed by atoms with Gasteiger partial charge in [-0.1, -0.05) is 5.21 Å². The molecule has 0 aliphatic rings. The summed E-state index contributed by atoms with van der Waals surface area (Å²) in [5.41, 5.74) is 2.05. The number of rotatable bonds is 2. The zero-order valence-corrected chi connectivity index (χ0v) is 10.4.